The van der Waals surface area contributed by atoms with Gasteiger partial charge in [0, 0.05) is 31.0 Å². The topological polar surface area (TPSA) is 52.8 Å². The molecule has 0 saturated carbocycles. The molecule has 0 unspecified atom stereocenters. The molecule has 0 aromatic carbocycles. The second-order valence-electron chi connectivity index (χ2n) is 2.83. The van der Waals surface area contributed by atoms with Crippen LogP contribution in [-0.2, 0) is 6.42 Å². The Morgan fingerprint density at radius 1 is 1.50 bits per heavy atom. The largest absolute Gasteiger partial charge is 0.346 e. The van der Waals surface area contributed by atoms with E-state index in [2.05, 4.69) is 27.3 Å². The van der Waals surface area contributed by atoms with Gasteiger partial charge in [-0.3, -0.25) is 0 Å². The first-order valence-electron chi connectivity index (χ1n) is 4.76. The van der Waals surface area contributed by atoms with E-state index in [1.807, 2.05) is 6.92 Å². The molecule has 14 heavy (non-hydrogen) atoms. The summed E-state index contributed by atoms with van der Waals surface area (Å²) in [4.78, 5) is 6.46. The second kappa shape index (κ2) is 5.55. The summed E-state index contributed by atoms with van der Waals surface area (Å²) in [6.45, 7) is 5.72. The van der Waals surface area contributed by atoms with Crippen molar-refractivity contribution in [1.29, 1.82) is 5.26 Å². The van der Waals surface area contributed by atoms with E-state index in [4.69, 9.17) is 5.26 Å². The minimum Gasteiger partial charge on any atom is -0.346 e. The molecule has 0 spiro atoms. The first kappa shape index (κ1) is 10.9. The Labute approximate surface area is 88.4 Å². The summed E-state index contributed by atoms with van der Waals surface area (Å²) in [7, 11) is 0. The van der Waals surface area contributed by atoms with Crippen LogP contribution >= 0.6 is 11.5 Å². The number of anilines is 1. The van der Waals surface area contributed by atoms with Crippen LogP contribution in [0, 0.1) is 11.3 Å². The van der Waals surface area contributed by atoms with Crippen LogP contribution in [0.3, 0.4) is 0 Å². The van der Waals surface area contributed by atoms with Crippen LogP contribution < -0.4 is 4.90 Å². The molecule has 0 amide bonds. The predicted molar refractivity (Wildman–Crippen MR) is 57.4 cm³/mol. The highest BCUT2D eigenvalue weighted by molar-refractivity contribution is 7.09. The highest BCUT2D eigenvalue weighted by atomic mass is 32.1. The third-order valence-electron chi connectivity index (χ3n) is 1.92. The van der Waals surface area contributed by atoms with Gasteiger partial charge >= 0.3 is 0 Å². The molecule has 4 nitrogen and oxygen atoms in total. The second-order valence-corrected chi connectivity index (χ2v) is 3.56. The summed E-state index contributed by atoms with van der Waals surface area (Å²) in [6.07, 6.45) is 1.40. The molecule has 0 fully saturated rings. The average molecular weight is 210 g/mol. The van der Waals surface area contributed by atoms with Gasteiger partial charge in [-0.05, 0) is 6.92 Å². The zero-order valence-corrected chi connectivity index (χ0v) is 9.34. The quantitative estimate of drug-likeness (QED) is 0.744. The smallest absolute Gasteiger partial charge is 0.205 e. The van der Waals surface area contributed by atoms with Crippen molar-refractivity contribution in [3.63, 3.8) is 0 Å². The highest BCUT2D eigenvalue weighted by Crippen LogP contribution is 2.17. The standard InChI is InChI=1S/C9H14N4S/c1-3-8-11-9(14-12-8)13(4-2)7-5-6-10/h3-5,7H2,1-2H3. The van der Waals surface area contributed by atoms with Crippen molar-refractivity contribution in [2.45, 2.75) is 26.7 Å². The monoisotopic (exact) mass is 210 g/mol. The average Bonchev–Trinajstić information content (AvgIpc) is 2.68. The number of nitrogens with zero attached hydrogens (tertiary/aromatic N) is 4. The molecule has 0 atom stereocenters. The normalized spacial score (nSPS) is 9.79. The van der Waals surface area contributed by atoms with Crippen molar-refractivity contribution in [3.05, 3.63) is 5.82 Å². The molecule has 0 bridgehead atoms. The number of hydrogen-bond acceptors (Lipinski definition) is 5. The van der Waals surface area contributed by atoms with E-state index in [9.17, 15) is 0 Å². The van der Waals surface area contributed by atoms with Crippen molar-refractivity contribution in [2.75, 3.05) is 18.0 Å². The maximum Gasteiger partial charge on any atom is 0.205 e. The van der Waals surface area contributed by atoms with E-state index in [1.54, 1.807) is 0 Å². The van der Waals surface area contributed by atoms with Gasteiger partial charge in [-0.15, -0.1) is 0 Å². The zero-order valence-electron chi connectivity index (χ0n) is 8.53. The Morgan fingerprint density at radius 3 is 2.79 bits per heavy atom. The predicted octanol–water partition coefficient (Wildman–Crippen LogP) is 1.84. The van der Waals surface area contributed by atoms with E-state index >= 15 is 0 Å². The SMILES string of the molecule is CCc1nsc(N(CC)CCC#N)n1. The van der Waals surface area contributed by atoms with Crippen LogP contribution in [0.1, 0.15) is 26.1 Å². The summed E-state index contributed by atoms with van der Waals surface area (Å²) in [5.74, 6) is 0.889. The molecule has 1 rings (SSSR count). The van der Waals surface area contributed by atoms with E-state index in [1.165, 1.54) is 11.5 Å². The lowest BCUT2D eigenvalue weighted by molar-refractivity contribution is 0.817. The molecule has 5 heteroatoms. The van der Waals surface area contributed by atoms with Gasteiger partial charge in [-0.2, -0.15) is 9.64 Å². The third-order valence-corrected chi connectivity index (χ3v) is 2.73. The summed E-state index contributed by atoms with van der Waals surface area (Å²) in [6, 6.07) is 2.14. The van der Waals surface area contributed by atoms with E-state index < -0.39 is 0 Å². The van der Waals surface area contributed by atoms with Crippen LogP contribution in [0.2, 0.25) is 0 Å². The number of rotatable bonds is 5. The van der Waals surface area contributed by atoms with Gasteiger partial charge in [-0.1, -0.05) is 6.92 Å². The maximum atomic E-state index is 8.50. The Bertz CT molecular complexity index is 315. The van der Waals surface area contributed by atoms with E-state index in [0.29, 0.717) is 6.42 Å². The number of hydrogen-bond donors (Lipinski definition) is 0. The van der Waals surface area contributed by atoms with Crippen molar-refractivity contribution >= 4 is 16.7 Å². The van der Waals surface area contributed by atoms with Crippen molar-refractivity contribution in [3.8, 4) is 6.07 Å². The Kier molecular flexibility index (Phi) is 4.33. The number of aromatic nitrogens is 2. The third kappa shape index (κ3) is 2.67. The summed E-state index contributed by atoms with van der Waals surface area (Å²) in [5.41, 5.74) is 0. The van der Waals surface area contributed by atoms with Gasteiger partial charge in [0.2, 0.25) is 5.13 Å². The van der Waals surface area contributed by atoms with Crippen LogP contribution in [-0.4, -0.2) is 22.4 Å². The molecule has 0 aliphatic rings. The fourth-order valence-corrected chi connectivity index (χ4v) is 1.93. The van der Waals surface area contributed by atoms with Crippen LogP contribution in [0.5, 0.6) is 0 Å². The fraction of sp³-hybridized carbons (Fsp3) is 0.667. The molecule has 0 N–H and O–H groups in total. The van der Waals surface area contributed by atoms with E-state index in [0.717, 1.165) is 30.5 Å². The van der Waals surface area contributed by atoms with Gasteiger partial charge in [-0.25, -0.2) is 4.98 Å². The van der Waals surface area contributed by atoms with Crippen LogP contribution in [0.4, 0.5) is 5.13 Å². The van der Waals surface area contributed by atoms with Gasteiger partial charge < -0.3 is 4.90 Å². The summed E-state index contributed by atoms with van der Waals surface area (Å²) < 4.78 is 4.22. The fourth-order valence-electron chi connectivity index (χ4n) is 1.09. The van der Waals surface area contributed by atoms with E-state index in [-0.39, 0.29) is 0 Å². The lowest BCUT2D eigenvalue weighted by Crippen LogP contribution is -2.23. The molecule has 76 valence electrons. The Morgan fingerprint density at radius 2 is 2.29 bits per heavy atom. The van der Waals surface area contributed by atoms with Gasteiger partial charge in [0.25, 0.3) is 0 Å². The minimum atomic E-state index is 0.537. The Hall–Kier alpha value is -1.15. The maximum absolute atomic E-state index is 8.50. The van der Waals surface area contributed by atoms with Crippen LogP contribution in [0.25, 0.3) is 0 Å². The highest BCUT2D eigenvalue weighted by Gasteiger charge is 2.09. The lowest BCUT2D eigenvalue weighted by Gasteiger charge is -2.16. The Balaban J connectivity index is 2.64. The lowest BCUT2D eigenvalue weighted by atomic mass is 10.4. The molecule has 0 aliphatic carbocycles. The molecule has 1 heterocycles. The minimum absolute atomic E-state index is 0.537. The number of nitriles is 1. The molecule has 0 radical (unpaired) electrons. The first-order valence-corrected chi connectivity index (χ1v) is 5.53. The van der Waals surface area contributed by atoms with Crippen molar-refractivity contribution < 1.29 is 0 Å². The molecular weight excluding hydrogens is 196 g/mol. The molecule has 1 aromatic heterocycles. The number of aryl methyl sites for hydroxylation is 1. The molecule has 0 saturated heterocycles. The summed E-state index contributed by atoms with van der Waals surface area (Å²) in [5, 5.41) is 9.43. The van der Waals surface area contributed by atoms with Crippen LogP contribution in [0.15, 0.2) is 0 Å². The van der Waals surface area contributed by atoms with Crippen molar-refractivity contribution in [2.24, 2.45) is 0 Å². The first-order chi connectivity index (χ1) is 6.81. The summed E-state index contributed by atoms with van der Waals surface area (Å²) >= 11 is 1.41. The van der Waals surface area contributed by atoms with Gasteiger partial charge in [0.1, 0.15) is 5.82 Å². The van der Waals surface area contributed by atoms with Crippen molar-refractivity contribution in [1.82, 2.24) is 9.36 Å². The van der Waals surface area contributed by atoms with Gasteiger partial charge in [0.05, 0.1) is 12.5 Å². The zero-order chi connectivity index (χ0) is 10.4. The molecule has 0 aliphatic heterocycles. The van der Waals surface area contributed by atoms with Gasteiger partial charge in [0.15, 0.2) is 0 Å². The molecular formula is C9H14N4S. The molecule has 1 aromatic rings.